The molecular weight excluding hydrogens is 154 g/mol. The van der Waals surface area contributed by atoms with Gasteiger partial charge in [0, 0.05) is 10.5 Å². The van der Waals surface area contributed by atoms with Crippen molar-refractivity contribution in [2.45, 2.75) is 26.7 Å². The van der Waals surface area contributed by atoms with Crippen LogP contribution in [0.15, 0.2) is 22.6 Å². The Morgan fingerprint density at radius 1 is 1.55 bits per heavy atom. The van der Waals surface area contributed by atoms with Crippen LogP contribution in [0.3, 0.4) is 0 Å². The molecule has 0 saturated carbocycles. The van der Waals surface area contributed by atoms with E-state index in [0.29, 0.717) is 0 Å². The van der Waals surface area contributed by atoms with Crippen LogP contribution in [0.4, 0.5) is 0 Å². The number of hydrogen-bond donors (Lipinski definition) is 1. The number of hydrogen-bond acceptors (Lipinski definition) is 2. The Labute approximate surface area is 73.8 Å². The lowest BCUT2D eigenvalue weighted by molar-refractivity contribution is 1.15. The maximum absolute atomic E-state index is 8.56. The molecule has 0 aliphatic heterocycles. The fourth-order valence-corrected chi connectivity index (χ4v) is 0.998. The van der Waals surface area contributed by atoms with Gasteiger partial charge in [0.15, 0.2) is 0 Å². The summed E-state index contributed by atoms with van der Waals surface area (Å²) in [6, 6.07) is 2.11. The summed E-state index contributed by atoms with van der Waals surface area (Å²) in [7, 11) is 0. The first-order valence-corrected chi connectivity index (χ1v) is 4.19. The second kappa shape index (κ2) is 6.06. The monoisotopic (exact) mass is 167 g/mol. The van der Waals surface area contributed by atoms with E-state index < -0.39 is 0 Å². The molecule has 0 aliphatic carbocycles. The number of allylic oxidation sites excluding steroid dienone is 3. The minimum absolute atomic E-state index is 0.776. The quantitative estimate of drug-likeness (QED) is 0.390. The maximum Gasteiger partial charge on any atom is 0.0947 e. The second-order valence-electron chi connectivity index (χ2n) is 2.17. The zero-order valence-electron chi connectivity index (χ0n) is 6.96. The Morgan fingerprint density at radius 3 is 2.55 bits per heavy atom. The van der Waals surface area contributed by atoms with Crippen molar-refractivity contribution >= 4 is 12.6 Å². The number of thiol groups is 1. The molecule has 2 heteroatoms. The third-order valence-corrected chi connectivity index (χ3v) is 1.57. The van der Waals surface area contributed by atoms with Crippen LogP contribution in [-0.4, -0.2) is 0 Å². The Morgan fingerprint density at radius 2 is 2.18 bits per heavy atom. The first-order valence-electron chi connectivity index (χ1n) is 3.74. The van der Waals surface area contributed by atoms with Gasteiger partial charge in [-0.2, -0.15) is 5.26 Å². The molecule has 0 aromatic rings. The minimum atomic E-state index is 0.776. The van der Waals surface area contributed by atoms with Crippen molar-refractivity contribution in [2.75, 3.05) is 0 Å². The SMILES string of the molecule is CC/C=C(S)\C=C(\C#N)CC. The zero-order valence-corrected chi connectivity index (χ0v) is 7.86. The molecule has 0 heterocycles. The van der Waals surface area contributed by atoms with Crippen LogP contribution in [0.25, 0.3) is 0 Å². The van der Waals surface area contributed by atoms with Gasteiger partial charge in [-0.3, -0.25) is 0 Å². The van der Waals surface area contributed by atoms with Gasteiger partial charge in [-0.25, -0.2) is 0 Å². The van der Waals surface area contributed by atoms with E-state index in [1.165, 1.54) is 0 Å². The van der Waals surface area contributed by atoms with E-state index >= 15 is 0 Å². The highest BCUT2D eigenvalue weighted by Gasteiger charge is 1.90. The van der Waals surface area contributed by atoms with Gasteiger partial charge >= 0.3 is 0 Å². The molecule has 0 atom stereocenters. The lowest BCUT2D eigenvalue weighted by atomic mass is 10.2. The zero-order chi connectivity index (χ0) is 8.69. The number of nitriles is 1. The van der Waals surface area contributed by atoms with Crippen molar-refractivity contribution in [3.63, 3.8) is 0 Å². The topological polar surface area (TPSA) is 23.8 Å². The summed E-state index contributed by atoms with van der Waals surface area (Å²) in [6.45, 7) is 4.00. The van der Waals surface area contributed by atoms with Crippen LogP contribution >= 0.6 is 12.6 Å². The summed E-state index contributed by atoms with van der Waals surface area (Å²) >= 11 is 4.19. The van der Waals surface area contributed by atoms with Crippen molar-refractivity contribution in [2.24, 2.45) is 0 Å². The lowest BCUT2D eigenvalue weighted by Crippen LogP contribution is -1.74. The van der Waals surface area contributed by atoms with Crippen LogP contribution in [0.5, 0.6) is 0 Å². The molecule has 11 heavy (non-hydrogen) atoms. The van der Waals surface area contributed by atoms with E-state index in [1.807, 2.05) is 26.0 Å². The summed E-state index contributed by atoms with van der Waals surface area (Å²) in [5.74, 6) is 0. The van der Waals surface area contributed by atoms with Crippen molar-refractivity contribution in [3.8, 4) is 6.07 Å². The largest absolute Gasteiger partial charge is 0.193 e. The molecule has 0 amide bonds. The van der Waals surface area contributed by atoms with Crippen LogP contribution in [-0.2, 0) is 0 Å². The predicted octanol–water partition coefficient (Wildman–Crippen LogP) is 3.07. The van der Waals surface area contributed by atoms with E-state index in [9.17, 15) is 0 Å². The Kier molecular flexibility index (Phi) is 5.68. The average molecular weight is 167 g/mol. The van der Waals surface area contributed by atoms with Crippen molar-refractivity contribution in [1.29, 1.82) is 5.26 Å². The molecule has 0 bridgehead atoms. The Balaban J connectivity index is 4.29. The minimum Gasteiger partial charge on any atom is -0.193 e. The van der Waals surface area contributed by atoms with E-state index in [1.54, 1.807) is 0 Å². The molecule has 0 spiro atoms. The van der Waals surface area contributed by atoms with Gasteiger partial charge in [0.2, 0.25) is 0 Å². The standard InChI is InChI=1S/C9H13NS/c1-3-5-9(11)6-8(4-2)7-10/h5-6,11H,3-4H2,1-2H3/b8-6+,9-5+. The molecule has 0 saturated heterocycles. The second-order valence-corrected chi connectivity index (χ2v) is 2.69. The molecule has 0 rings (SSSR count). The van der Waals surface area contributed by atoms with E-state index in [2.05, 4.69) is 18.7 Å². The number of nitrogens with zero attached hydrogens (tertiary/aromatic N) is 1. The first kappa shape index (κ1) is 10.3. The fraction of sp³-hybridized carbons (Fsp3) is 0.444. The predicted molar refractivity (Wildman–Crippen MR) is 51.3 cm³/mol. The summed E-state index contributed by atoms with van der Waals surface area (Å²) in [5.41, 5.74) is 0.778. The summed E-state index contributed by atoms with van der Waals surface area (Å²) in [6.07, 6.45) is 5.53. The molecule has 60 valence electrons. The van der Waals surface area contributed by atoms with E-state index in [4.69, 9.17) is 5.26 Å². The third-order valence-electron chi connectivity index (χ3n) is 1.26. The molecule has 0 N–H and O–H groups in total. The smallest absolute Gasteiger partial charge is 0.0947 e. The summed E-state index contributed by atoms with van der Waals surface area (Å²) in [5, 5.41) is 8.56. The highest BCUT2D eigenvalue weighted by Crippen LogP contribution is 2.09. The van der Waals surface area contributed by atoms with Gasteiger partial charge in [-0.05, 0) is 18.9 Å². The third kappa shape index (κ3) is 4.69. The molecule has 0 unspecified atom stereocenters. The highest BCUT2D eigenvalue weighted by atomic mass is 32.1. The van der Waals surface area contributed by atoms with E-state index in [0.717, 1.165) is 23.3 Å². The van der Waals surface area contributed by atoms with Gasteiger partial charge in [0.05, 0.1) is 6.07 Å². The summed E-state index contributed by atoms with van der Waals surface area (Å²) in [4.78, 5) is 0.880. The normalized spacial score (nSPS) is 12.9. The van der Waals surface area contributed by atoms with Gasteiger partial charge in [-0.15, -0.1) is 12.6 Å². The molecule has 0 fully saturated rings. The van der Waals surface area contributed by atoms with Crippen molar-refractivity contribution < 1.29 is 0 Å². The molecule has 0 aliphatic rings. The summed E-state index contributed by atoms with van der Waals surface area (Å²) < 4.78 is 0. The maximum atomic E-state index is 8.56. The average Bonchev–Trinajstić information content (AvgIpc) is 2.01. The van der Waals surface area contributed by atoms with Crippen molar-refractivity contribution in [3.05, 3.63) is 22.6 Å². The van der Waals surface area contributed by atoms with Gasteiger partial charge < -0.3 is 0 Å². The lowest BCUT2D eigenvalue weighted by Gasteiger charge is -1.91. The van der Waals surface area contributed by atoms with Gasteiger partial charge in [-0.1, -0.05) is 19.9 Å². The van der Waals surface area contributed by atoms with Crippen LogP contribution in [0.1, 0.15) is 26.7 Å². The molecule has 1 nitrogen and oxygen atoms in total. The van der Waals surface area contributed by atoms with Gasteiger partial charge in [0.25, 0.3) is 0 Å². The Hall–Kier alpha value is -0.680. The molecular formula is C9H13NS. The fourth-order valence-electron chi connectivity index (χ4n) is 0.660. The first-order chi connectivity index (χ1) is 5.24. The van der Waals surface area contributed by atoms with Crippen LogP contribution < -0.4 is 0 Å². The highest BCUT2D eigenvalue weighted by molar-refractivity contribution is 7.84. The molecule has 0 aromatic heterocycles. The molecule has 0 aromatic carbocycles. The van der Waals surface area contributed by atoms with Gasteiger partial charge in [0.1, 0.15) is 0 Å². The van der Waals surface area contributed by atoms with Crippen LogP contribution in [0.2, 0.25) is 0 Å². The molecule has 0 radical (unpaired) electrons. The number of rotatable bonds is 3. The van der Waals surface area contributed by atoms with Crippen molar-refractivity contribution in [1.82, 2.24) is 0 Å². The van der Waals surface area contributed by atoms with Crippen LogP contribution in [0, 0.1) is 11.3 Å². The van der Waals surface area contributed by atoms with E-state index in [-0.39, 0.29) is 0 Å². The Bertz CT molecular complexity index is 208.